The lowest BCUT2D eigenvalue weighted by Crippen LogP contribution is -2.37. The predicted octanol–water partition coefficient (Wildman–Crippen LogP) is 1.71. The van der Waals surface area contributed by atoms with E-state index in [1.807, 2.05) is 0 Å². The van der Waals surface area contributed by atoms with Gasteiger partial charge in [-0.2, -0.15) is 8.78 Å². The number of hydrogen-bond donors (Lipinski definition) is 2. The summed E-state index contributed by atoms with van der Waals surface area (Å²) in [5, 5.41) is 5.46. The SMILES string of the molecule is Cl.O=C(Nc1cccc(S(=O)(=O)C(F)F)c1)C1CSCN1. The maximum Gasteiger partial charge on any atom is 0.341 e. The van der Waals surface area contributed by atoms with Crippen molar-refractivity contribution < 1.29 is 22.0 Å². The number of carbonyl (C=O) groups excluding carboxylic acids is 1. The number of benzene rings is 1. The van der Waals surface area contributed by atoms with Gasteiger partial charge in [0.25, 0.3) is 0 Å². The first-order valence-electron chi connectivity index (χ1n) is 5.65. The fourth-order valence-corrected chi connectivity index (χ4v) is 3.35. The number of amides is 1. The molecule has 0 aromatic heterocycles. The summed E-state index contributed by atoms with van der Waals surface area (Å²) in [4.78, 5) is 11.3. The van der Waals surface area contributed by atoms with Crippen LogP contribution in [0.1, 0.15) is 0 Å². The summed E-state index contributed by atoms with van der Waals surface area (Å²) in [5.74, 6) is -2.53. The lowest BCUT2D eigenvalue weighted by Gasteiger charge is -2.11. The third-order valence-electron chi connectivity index (χ3n) is 2.70. The topological polar surface area (TPSA) is 75.3 Å². The van der Waals surface area contributed by atoms with Crippen molar-refractivity contribution in [3.8, 4) is 0 Å². The lowest BCUT2D eigenvalue weighted by atomic mass is 10.2. The Bertz CT molecular complexity index is 607. The Morgan fingerprint density at radius 1 is 1.43 bits per heavy atom. The highest BCUT2D eigenvalue weighted by Gasteiger charge is 2.27. The van der Waals surface area contributed by atoms with Crippen LogP contribution in [0.4, 0.5) is 14.5 Å². The van der Waals surface area contributed by atoms with Crippen molar-refractivity contribution in [2.75, 3.05) is 16.9 Å². The molecule has 1 aromatic carbocycles. The fraction of sp³-hybridized carbons (Fsp3) is 0.364. The molecule has 21 heavy (non-hydrogen) atoms. The Labute approximate surface area is 131 Å². The molecule has 0 spiro atoms. The molecule has 0 saturated carbocycles. The number of rotatable bonds is 4. The average molecular weight is 359 g/mol. The first-order chi connectivity index (χ1) is 9.41. The minimum atomic E-state index is -4.66. The van der Waals surface area contributed by atoms with Crippen LogP contribution >= 0.6 is 24.2 Å². The maximum absolute atomic E-state index is 12.5. The van der Waals surface area contributed by atoms with Crippen LogP contribution in [0.5, 0.6) is 0 Å². The van der Waals surface area contributed by atoms with Crippen molar-refractivity contribution >= 4 is 45.6 Å². The van der Waals surface area contributed by atoms with Crippen LogP contribution < -0.4 is 10.6 Å². The predicted molar refractivity (Wildman–Crippen MR) is 79.8 cm³/mol. The van der Waals surface area contributed by atoms with E-state index >= 15 is 0 Å². The molecule has 10 heteroatoms. The summed E-state index contributed by atoms with van der Waals surface area (Å²) in [5.41, 5.74) is 0.176. The molecule has 1 atom stereocenters. The maximum atomic E-state index is 12.5. The van der Waals surface area contributed by atoms with Crippen molar-refractivity contribution in [2.45, 2.75) is 16.7 Å². The highest BCUT2D eigenvalue weighted by molar-refractivity contribution is 7.99. The first-order valence-corrected chi connectivity index (χ1v) is 8.35. The summed E-state index contributed by atoms with van der Waals surface area (Å²) in [6.07, 6.45) is 0. The fourth-order valence-electron chi connectivity index (χ4n) is 1.65. The van der Waals surface area contributed by atoms with E-state index in [-0.39, 0.29) is 30.0 Å². The molecule has 1 amide bonds. The monoisotopic (exact) mass is 358 g/mol. The molecule has 0 aliphatic carbocycles. The van der Waals surface area contributed by atoms with Gasteiger partial charge >= 0.3 is 5.76 Å². The van der Waals surface area contributed by atoms with Crippen LogP contribution in [-0.4, -0.2) is 37.8 Å². The Morgan fingerprint density at radius 3 is 2.71 bits per heavy atom. The van der Waals surface area contributed by atoms with E-state index in [9.17, 15) is 22.0 Å². The zero-order valence-electron chi connectivity index (χ0n) is 10.6. The van der Waals surface area contributed by atoms with Gasteiger partial charge < -0.3 is 5.32 Å². The second kappa shape index (κ2) is 7.39. The lowest BCUT2D eigenvalue weighted by molar-refractivity contribution is -0.117. The van der Waals surface area contributed by atoms with E-state index in [0.29, 0.717) is 11.6 Å². The molecule has 5 nitrogen and oxygen atoms in total. The zero-order valence-corrected chi connectivity index (χ0v) is 13.0. The molecule has 1 aliphatic heterocycles. The number of sulfone groups is 1. The van der Waals surface area contributed by atoms with Gasteiger partial charge in [0.15, 0.2) is 0 Å². The molecule has 2 rings (SSSR count). The standard InChI is InChI=1S/C11H12F2N2O3S2.ClH/c12-11(13)20(17,18)8-3-1-2-7(4-8)15-10(16)9-5-19-6-14-9;/h1-4,9,11,14H,5-6H2,(H,15,16);1H. The summed E-state index contributed by atoms with van der Waals surface area (Å²) in [6.45, 7) is 0. The van der Waals surface area contributed by atoms with Crippen molar-refractivity contribution in [3.05, 3.63) is 24.3 Å². The highest BCUT2D eigenvalue weighted by Crippen LogP contribution is 2.22. The van der Waals surface area contributed by atoms with Crippen molar-refractivity contribution in [1.29, 1.82) is 0 Å². The van der Waals surface area contributed by atoms with E-state index in [4.69, 9.17) is 0 Å². The molecule has 0 radical (unpaired) electrons. The summed E-state index contributed by atoms with van der Waals surface area (Å²) in [6, 6.07) is 4.49. The Morgan fingerprint density at radius 2 is 2.14 bits per heavy atom. The van der Waals surface area contributed by atoms with Crippen LogP contribution in [0, 0.1) is 0 Å². The van der Waals surface area contributed by atoms with Gasteiger partial charge in [0.2, 0.25) is 15.7 Å². The molecule has 1 fully saturated rings. The van der Waals surface area contributed by atoms with Crippen molar-refractivity contribution in [2.24, 2.45) is 0 Å². The third-order valence-corrected chi connectivity index (χ3v) is 5.02. The number of alkyl halides is 2. The van der Waals surface area contributed by atoms with E-state index in [2.05, 4.69) is 10.6 Å². The largest absolute Gasteiger partial charge is 0.341 e. The van der Waals surface area contributed by atoms with Gasteiger partial charge in [-0.05, 0) is 18.2 Å². The van der Waals surface area contributed by atoms with Crippen LogP contribution in [-0.2, 0) is 14.6 Å². The Balaban J connectivity index is 0.00000220. The Kier molecular flexibility index (Phi) is 6.39. The van der Waals surface area contributed by atoms with Gasteiger partial charge in [-0.25, -0.2) is 8.42 Å². The summed E-state index contributed by atoms with van der Waals surface area (Å²) < 4.78 is 47.6. The van der Waals surface area contributed by atoms with Gasteiger partial charge in [0, 0.05) is 17.3 Å². The molecule has 1 saturated heterocycles. The minimum Gasteiger partial charge on any atom is -0.325 e. The summed E-state index contributed by atoms with van der Waals surface area (Å²) >= 11 is 1.57. The molecule has 2 N–H and O–H groups in total. The van der Waals surface area contributed by atoms with Gasteiger partial charge in [0.1, 0.15) is 0 Å². The van der Waals surface area contributed by atoms with Gasteiger partial charge in [-0.15, -0.1) is 24.2 Å². The smallest absolute Gasteiger partial charge is 0.325 e. The van der Waals surface area contributed by atoms with Crippen LogP contribution in [0.25, 0.3) is 0 Å². The molecule has 1 aliphatic rings. The van der Waals surface area contributed by atoms with Gasteiger partial charge in [0.05, 0.1) is 10.9 Å². The third kappa shape index (κ3) is 4.29. The molecular weight excluding hydrogens is 346 g/mol. The van der Waals surface area contributed by atoms with E-state index < -0.39 is 20.5 Å². The molecule has 0 bridgehead atoms. The normalized spacial score (nSPS) is 18.3. The van der Waals surface area contributed by atoms with Crippen molar-refractivity contribution in [1.82, 2.24) is 5.32 Å². The Hall–Kier alpha value is -0.900. The van der Waals surface area contributed by atoms with Crippen LogP contribution in [0.3, 0.4) is 0 Å². The summed E-state index contributed by atoms with van der Waals surface area (Å²) in [7, 11) is -4.66. The molecule has 1 heterocycles. The first kappa shape index (κ1) is 18.1. The highest BCUT2D eigenvalue weighted by atomic mass is 35.5. The number of thioether (sulfide) groups is 1. The number of nitrogens with one attached hydrogen (secondary N) is 2. The van der Waals surface area contributed by atoms with E-state index in [0.717, 1.165) is 12.1 Å². The second-order valence-corrected chi connectivity index (χ2v) is 7.04. The number of carbonyl (C=O) groups is 1. The zero-order chi connectivity index (χ0) is 14.8. The quantitative estimate of drug-likeness (QED) is 0.857. The number of anilines is 1. The number of hydrogen-bond acceptors (Lipinski definition) is 5. The van der Waals surface area contributed by atoms with E-state index in [1.165, 1.54) is 12.1 Å². The molecule has 1 aromatic rings. The average Bonchev–Trinajstić information content (AvgIpc) is 2.92. The van der Waals surface area contributed by atoms with Crippen molar-refractivity contribution in [3.63, 3.8) is 0 Å². The van der Waals surface area contributed by atoms with Gasteiger partial charge in [-0.3, -0.25) is 10.1 Å². The second-order valence-electron chi connectivity index (χ2n) is 4.09. The number of halogens is 3. The molecule has 1 unspecified atom stereocenters. The molecular formula is C11H13ClF2N2O3S2. The molecule has 118 valence electrons. The van der Waals surface area contributed by atoms with Gasteiger partial charge in [-0.1, -0.05) is 6.07 Å². The minimum absolute atomic E-state index is 0. The van der Waals surface area contributed by atoms with Crippen LogP contribution in [0.2, 0.25) is 0 Å². The van der Waals surface area contributed by atoms with E-state index in [1.54, 1.807) is 11.8 Å². The van der Waals surface area contributed by atoms with Crippen LogP contribution in [0.15, 0.2) is 29.2 Å².